The van der Waals surface area contributed by atoms with E-state index in [2.05, 4.69) is 13.5 Å². The molecule has 36 heavy (non-hydrogen) atoms. The molecule has 0 aromatic carbocycles. The second-order valence-electron chi connectivity index (χ2n) is 9.64. The molecule has 0 aromatic heterocycles. The van der Waals surface area contributed by atoms with Crippen LogP contribution < -0.4 is 5.32 Å². The van der Waals surface area contributed by atoms with Gasteiger partial charge in [0.25, 0.3) is 0 Å². The van der Waals surface area contributed by atoms with Crippen molar-refractivity contribution in [2.45, 2.75) is 114 Å². The van der Waals surface area contributed by atoms with Crippen LogP contribution in [-0.2, 0) is 33.2 Å². The summed E-state index contributed by atoms with van der Waals surface area (Å²) in [5.74, 6) is -3.11. The van der Waals surface area contributed by atoms with E-state index < -0.39 is 48.5 Å². The van der Waals surface area contributed by atoms with Crippen LogP contribution in [-0.4, -0.2) is 81.5 Å². The van der Waals surface area contributed by atoms with E-state index in [-0.39, 0.29) is 25.9 Å². The molecule has 0 bridgehead atoms. The number of methoxy groups -OCH3 is 1. The van der Waals surface area contributed by atoms with Crippen LogP contribution >= 0.6 is 0 Å². The van der Waals surface area contributed by atoms with Gasteiger partial charge in [-0.05, 0) is 26.7 Å². The number of hydrogen-bond acceptors (Lipinski definition) is 7. The second kappa shape index (κ2) is 14.6. The smallest absolute Gasteiger partial charge is 0.381 e. The predicted octanol–water partition coefficient (Wildman–Crippen LogP) is 4.26. The molecule has 1 unspecified atom stereocenters. The number of rotatable bonds is 15. The fourth-order valence-electron chi connectivity index (χ4n) is 4.41. The molecule has 11 heteroatoms. The summed E-state index contributed by atoms with van der Waals surface area (Å²) in [6.07, 6.45) is -0.242. The molecule has 0 saturated carbocycles. The van der Waals surface area contributed by atoms with Gasteiger partial charge in [-0.25, -0.2) is 0 Å². The first-order valence-corrected chi connectivity index (χ1v) is 12.7. The number of hydrogen-bond donors (Lipinski definition) is 1. The van der Waals surface area contributed by atoms with Gasteiger partial charge in [0.2, 0.25) is 0 Å². The molecule has 2 aliphatic rings. The van der Waals surface area contributed by atoms with Crippen molar-refractivity contribution in [2.75, 3.05) is 26.9 Å². The minimum Gasteiger partial charge on any atom is -0.381 e. The van der Waals surface area contributed by atoms with E-state index >= 15 is 0 Å². The largest absolute Gasteiger partial charge is 0.471 e. The highest BCUT2D eigenvalue weighted by atomic mass is 19.4. The molecule has 0 spiro atoms. The number of fused-ring (bicyclic) bond motifs is 1. The molecule has 2 aliphatic heterocycles. The summed E-state index contributed by atoms with van der Waals surface area (Å²) in [6, 6.07) is -1.27. The third-order valence-corrected chi connectivity index (χ3v) is 6.31. The number of carbonyl (C=O) groups is 1. The summed E-state index contributed by atoms with van der Waals surface area (Å²) < 4.78 is 74.3. The van der Waals surface area contributed by atoms with Crippen LogP contribution in [0.3, 0.4) is 0 Å². The number of nitrogens with one attached hydrogen (secondary N) is 1. The third kappa shape index (κ3) is 9.57. The van der Waals surface area contributed by atoms with Gasteiger partial charge in [-0.1, -0.05) is 45.1 Å². The first-order valence-electron chi connectivity index (χ1n) is 12.7. The zero-order chi connectivity index (χ0) is 26.8. The summed E-state index contributed by atoms with van der Waals surface area (Å²) in [6.45, 7) is 9.45. The average molecular weight is 526 g/mol. The first kappa shape index (κ1) is 31.0. The van der Waals surface area contributed by atoms with Crippen molar-refractivity contribution in [3.8, 4) is 0 Å². The highest BCUT2D eigenvalue weighted by Gasteiger charge is 2.54. The number of unbranched alkanes of at least 4 members (excludes halogenated alkanes) is 4. The lowest BCUT2D eigenvalue weighted by molar-refractivity contribution is -0.371. The molecular weight excluding hydrogens is 483 g/mol. The van der Waals surface area contributed by atoms with Crippen molar-refractivity contribution in [3.05, 3.63) is 12.7 Å². The van der Waals surface area contributed by atoms with Crippen LogP contribution in [0.25, 0.3) is 0 Å². The van der Waals surface area contributed by atoms with E-state index in [1.165, 1.54) is 25.3 Å². The Morgan fingerprint density at radius 3 is 2.56 bits per heavy atom. The van der Waals surface area contributed by atoms with Crippen LogP contribution in [0, 0.1) is 0 Å². The minimum absolute atomic E-state index is 0.00412. The summed E-state index contributed by atoms with van der Waals surface area (Å²) in [7, 11) is 1.64. The number of alkyl halides is 3. The highest BCUT2D eigenvalue weighted by molar-refractivity contribution is 5.82. The van der Waals surface area contributed by atoms with Gasteiger partial charge in [0, 0.05) is 13.7 Å². The summed E-state index contributed by atoms with van der Waals surface area (Å²) >= 11 is 0. The first-order chi connectivity index (χ1) is 17.0. The van der Waals surface area contributed by atoms with Gasteiger partial charge in [0.1, 0.15) is 24.4 Å². The molecule has 0 radical (unpaired) electrons. The fraction of sp³-hybridized carbons (Fsp3) is 0.880. The average Bonchev–Trinajstić information content (AvgIpc) is 2.81. The van der Waals surface area contributed by atoms with Crippen LogP contribution in [0.4, 0.5) is 13.2 Å². The SMILES string of the molecule is C=CCO[C@H]1O[C@@H]2COC(C)(C)O[C@H]2[C@H](OCC[C@@H](CCCCCCC)OC)C1NC(=O)C(F)(F)F. The van der Waals surface area contributed by atoms with Gasteiger partial charge in [0.05, 0.1) is 19.3 Å². The fourth-order valence-corrected chi connectivity index (χ4v) is 4.41. The maximum Gasteiger partial charge on any atom is 0.471 e. The molecule has 2 rings (SSSR count). The lowest BCUT2D eigenvalue weighted by Gasteiger charge is -2.51. The maximum atomic E-state index is 13.1. The van der Waals surface area contributed by atoms with E-state index in [1.54, 1.807) is 21.0 Å². The van der Waals surface area contributed by atoms with E-state index in [0.717, 1.165) is 19.3 Å². The monoisotopic (exact) mass is 525 g/mol. The Morgan fingerprint density at radius 1 is 1.19 bits per heavy atom. The molecule has 6 atom stereocenters. The zero-order valence-corrected chi connectivity index (χ0v) is 21.8. The van der Waals surface area contributed by atoms with Crippen molar-refractivity contribution in [2.24, 2.45) is 0 Å². The summed E-state index contributed by atoms with van der Waals surface area (Å²) in [4.78, 5) is 11.9. The Labute approximate surface area is 212 Å². The van der Waals surface area contributed by atoms with Gasteiger partial charge in [-0.3, -0.25) is 4.79 Å². The van der Waals surface area contributed by atoms with Gasteiger partial charge in [-0.15, -0.1) is 6.58 Å². The topological polar surface area (TPSA) is 84.5 Å². The van der Waals surface area contributed by atoms with Crippen LogP contribution in [0.15, 0.2) is 12.7 Å². The predicted molar refractivity (Wildman–Crippen MR) is 126 cm³/mol. The third-order valence-electron chi connectivity index (χ3n) is 6.31. The van der Waals surface area contributed by atoms with Gasteiger partial charge in [-0.2, -0.15) is 13.2 Å². The van der Waals surface area contributed by atoms with Crippen LogP contribution in [0.5, 0.6) is 0 Å². The quantitative estimate of drug-likeness (QED) is 0.253. The van der Waals surface area contributed by atoms with Crippen molar-refractivity contribution in [1.82, 2.24) is 5.32 Å². The maximum absolute atomic E-state index is 13.1. The zero-order valence-electron chi connectivity index (χ0n) is 21.8. The molecule has 8 nitrogen and oxygen atoms in total. The molecule has 1 amide bonds. The van der Waals surface area contributed by atoms with Gasteiger partial charge in [0.15, 0.2) is 12.1 Å². The Balaban J connectivity index is 2.14. The Bertz CT molecular complexity index is 677. The van der Waals surface area contributed by atoms with E-state index in [0.29, 0.717) is 6.42 Å². The van der Waals surface area contributed by atoms with Gasteiger partial charge >= 0.3 is 12.1 Å². The molecule has 0 aliphatic carbocycles. The molecule has 2 saturated heterocycles. The lowest BCUT2D eigenvalue weighted by Crippen LogP contribution is -2.69. The molecule has 2 heterocycles. The van der Waals surface area contributed by atoms with E-state index in [1.807, 2.05) is 5.32 Å². The highest BCUT2D eigenvalue weighted by Crippen LogP contribution is 2.35. The van der Waals surface area contributed by atoms with E-state index in [4.69, 9.17) is 28.4 Å². The number of halogens is 3. The molecule has 210 valence electrons. The second-order valence-corrected chi connectivity index (χ2v) is 9.64. The Morgan fingerprint density at radius 2 is 1.92 bits per heavy atom. The minimum atomic E-state index is -5.08. The van der Waals surface area contributed by atoms with Crippen molar-refractivity contribution < 1.29 is 46.4 Å². The van der Waals surface area contributed by atoms with Crippen LogP contribution in [0.1, 0.15) is 65.7 Å². The van der Waals surface area contributed by atoms with Crippen molar-refractivity contribution in [1.29, 1.82) is 0 Å². The van der Waals surface area contributed by atoms with Crippen LogP contribution in [0.2, 0.25) is 0 Å². The Hall–Kier alpha value is -1.24. The number of carbonyl (C=O) groups excluding carboxylic acids is 1. The number of ether oxygens (including phenoxy) is 6. The van der Waals surface area contributed by atoms with E-state index in [9.17, 15) is 18.0 Å². The molecule has 0 aromatic rings. The normalized spacial score (nSPS) is 28.8. The standard InChI is InChI=1S/C25H42F3NO7/c1-6-8-9-10-11-12-17(31-5)13-15-32-21-19(29-23(30)25(26,27)28)22(33-14-7-2)35-18-16-34-24(3,4)36-20(18)21/h7,17-22H,2,6,8-16H2,1,3-5H3,(H,29,30)/t17-,18-,19?,20-,21-,22+/m1/s1. The molecule has 2 fully saturated rings. The lowest BCUT2D eigenvalue weighted by atomic mass is 9.94. The van der Waals surface area contributed by atoms with Crippen molar-refractivity contribution in [3.63, 3.8) is 0 Å². The molecule has 1 N–H and O–H groups in total. The summed E-state index contributed by atoms with van der Waals surface area (Å²) in [5.41, 5.74) is 0. The Kier molecular flexibility index (Phi) is 12.6. The van der Waals surface area contributed by atoms with Gasteiger partial charge < -0.3 is 33.7 Å². The summed E-state index contributed by atoms with van der Waals surface area (Å²) in [5, 5.41) is 2.01. The molecular formula is C25H42F3NO7. The number of amides is 1. The van der Waals surface area contributed by atoms with Crippen molar-refractivity contribution >= 4 is 5.91 Å².